The van der Waals surface area contributed by atoms with Crippen LogP contribution in [0.5, 0.6) is 11.5 Å². The third-order valence-electron chi connectivity index (χ3n) is 4.24. The molecule has 7 nitrogen and oxygen atoms in total. The number of nitrogens with zero attached hydrogens (tertiary/aromatic N) is 1. The zero-order valence-corrected chi connectivity index (χ0v) is 16.3. The Morgan fingerprint density at radius 2 is 1.86 bits per heavy atom. The molecule has 9 heteroatoms. The van der Waals surface area contributed by atoms with Crippen molar-refractivity contribution in [3.05, 3.63) is 54.3 Å². The van der Waals surface area contributed by atoms with Gasteiger partial charge in [0.15, 0.2) is 11.5 Å². The number of carbonyl (C=O) groups excluding carboxylic acids is 1. The minimum Gasteiger partial charge on any atom is -0.486 e. The molecule has 0 saturated heterocycles. The highest BCUT2D eigenvalue weighted by molar-refractivity contribution is 7.92. The van der Waals surface area contributed by atoms with Crippen LogP contribution in [0.3, 0.4) is 0 Å². The van der Waals surface area contributed by atoms with Crippen molar-refractivity contribution < 1.29 is 27.1 Å². The highest BCUT2D eigenvalue weighted by atomic mass is 32.2. The Bertz CT molecular complexity index is 949. The Morgan fingerprint density at radius 1 is 1.21 bits per heavy atom. The van der Waals surface area contributed by atoms with Gasteiger partial charge >= 0.3 is 0 Å². The highest BCUT2D eigenvalue weighted by Crippen LogP contribution is 2.30. The Kier molecular flexibility index (Phi) is 5.73. The number of hydrogen-bond acceptors (Lipinski definition) is 5. The number of amides is 1. The predicted octanol–water partition coefficient (Wildman–Crippen LogP) is 1.94. The molecule has 0 bridgehead atoms. The van der Waals surface area contributed by atoms with Crippen LogP contribution in [0.4, 0.5) is 10.1 Å². The molecule has 1 heterocycles. The minimum atomic E-state index is -3.76. The first kappa shape index (κ1) is 19.9. The maximum Gasteiger partial charge on any atom is 0.243 e. The molecule has 1 aliphatic heterocycles. The molecule has 3 rings (SSSR count). The molecule has 0 saturated carbocycles. The van der Waals surface area contributed by atoms with Crippen LogP contribution in [0.15, 0.2) is 48.5 Å². The maximum atomic E-state index is 13.2. The quantitative estimate of drug-likeness (QED) is 0.790. The molecule has 0 fully saturated rings. The molecule has 2 aromatic carbocycles. The number of ether oxygens (including phenoxy) is 2. The van der Waals surface area contributed by atoms with E-state index in [2.05, 4.69) is 5.32 Å². The van der Waals surface area contributed by atoms with Gasteiger partial charge in [-0.25, -0.2) is 12.8 Å². The van der Waals surface area contributed by atoms with E-state index in [4.69, 9.17) is 9.47 Å². The van der Waals surface area contributed by atoms with E-state index in [-0.39, 0.29) is 18.8 Å². The predicted molar refractivity (Wildman–Crippen MR) is 103 cm³/mol. The number of fused-ring (bicyclic) bond motifs is 1. The summed E-state index contributed by atoms with van der Waals surface area (Å²) >= 11 is 0. The van der Waals surface area contributed by atoms with Gasteiger partial charge in [-0.3, -0.25) is 9.10 Å². The molecule has 2 unspecified atom stereocenters. The lowest BCUT2D eigenvalue weighted by atomic mass is 10.2. The minimum absolute atomic E-state index is 0.151. The van der Waals surface area contributed by atoms with Crippen LogP contribution >= 0.6 is 0 Å². The summed E-state index contributed by atoms with van der Waals surface area (Å²) in [6, 6.07) is 11.1. The second-order valence-electron chi connectivity index (χ2n) is 6.45. The maximum absolute atomic E-state index is 13.2. The lowest BCUT2D eigenvalue weighted by molar-refractivity contribution is -0.122. The Hall–Kier alpha value is -2.81. The van der Waals surface area contributed by atoms with Crippen LogP contribution in [0.2, 0.25) is 0 Å². The lowest BCUT2D eigenvalue weighted by Crippen LogP contribution is -2.50. The summed E-state index contributed by atoms with van der Waals surface area (Å²) in [6.45, 7) is 1.88. The number of hydrogen-bond donors (Lipinski definition) is 1. The van der Waals surface area contributed by atoms with Crippen LogP contribution < -0.4 is 19.1 Å². The number of rotatable bonds is 6. The van der Waals surface area contributed by atoms with Gasteiger partial charge in [0.2, 0.25) is 15.9 Å². The number of benzene rings is 2. The third kappa shape index (κ3) is 4.53. The zero-order valence-electron chi connectivity index (χ0n) is 15.5. The molecule has 150 valence electrons. The number of halogens is 1. The molecule has 0 spiro atoms. The summed E-state index contributed by atoms with van der Waals surface area (Å²) < 4.78 is 49.9. The summed E-state index contributed by atoms with van der Waals surface area (Å²) in [7, 11) is -3.76. The van der Waals surface area contributed by atoms with E-state index in [9.17, 15) is 17.6 Å². The van der Waals surface area contributed by atoms with E-state index in [0.29, 0.717) is 11.5 Å². The van der Waals surface area contributed by atoms with Crippen molar-refractivity contribution in [2.45, 2.75) is 19.1 Å². The van der Waals surface area contributed by atoms with Crippen molar-refractivity contribution >= 4 is 21.6 Å². The normalized spacial score (nSPS) is 16.9. The second-order valence-corrected chi connectivity index (χ2v) is 8.31. The van der Waals surface area contributed by atoms with E-state index in [1.165, 1.54) is 19.1 Å². The Labute approximate surface area is 163 Å². The van der Waals surface area contributed by atoms with Gasteiger partial charge < -0.3 is 14.8 Å². The van der Waals surface area contributed by atoms with Gasteiger partial charge in [-0.15, -0.1) is 0 Å². The van der Waals surface area contributed by atoms with Crippen LogP contribution in [0.1, 0.15) is 6.92 Å². The third-order valence-corrected chi connectivity index (χ3v) is 5.48. The van der Waals surface area contributed by atoms with E-state index in [0.717, 1.165) is 22.7 Å². The molecule has 0 radical (unpaired) electrons. The molecule has 1 amide bonds. The van der Waals surface area contributed by atoms with Gasteiger partial charge in [0.1, 0.15) is 24.6 Å². The van der Waals surface area contributed by atoms with Crippen LogP contribution in [0, 0.1) is 5.82 Å². The average molecular weight is 408 g/mol. The van der Waals surface area contributed by atoms with Gasteiger partial charge in [-0.05, 0) is 43.3 Å². The number of anilines is 1. The van der Waals surface area contributed by atoms with Crippen molar-refractivity contribution in [1.29, 1.82) is 0 Å². The van der Waals surface area contributed by atoms with Gasteiger partial charge in [0.25, 0.3) is 0 Å². The van der Waals surface area contributed by atoms with Gasteiger partial charge in [0, 0.05) is 0 Å². The molecule has 0 aliphatic carbocycles. The zero-order chi connectivity index (χ0) is 20.3. The summed E-state index contributed by atoms with van der Waals surface area (Å²) in [5.41, 5.74) is 0.206. The number of carbonyl (C=O) groups is 1. The monoisotopic (exact) mass is 408 g/mol. The van der Waals surface area contributed by atoms with E-state index in [1.807, 2.05) is 12.1 Å². The molecule has 1 aliphatic rings. The molecular formula is C19H21FN2O5S. The van der Waals surface area contributed by atoms with Gasteiger partial charge in [0.05, 0.1) is 18.5 Å². The standard InChI is InChI=1S/C19H21FN2O5S/c1-13(22(28(2,24)25)15-9-7-14(20)8-10-15)19(23)21-11-16-12-26-17-5-3-4-6-18(17)27-16/h3-10,13,16H,11-12H2,1-2H3,(H,21,23). The summed E-state index contributed by atoms with van der Waals surface area (Å²) in [5, 5.41) is 2.69. The van der Waals surface area contributed by atoms with E-state index >= 15 is 0 Å². The van der Waals surface area contributed by atoms with Crippen molar-refractivity contribution in [1.82, 2.24) is 5.32 Å². The van der Waals surface area contributed by atoms with Crippen LogP contribution in [-0.4, -0.2) is 45.9 Å². The fraction of sp³-hybridized carbons (Fsp3) is 0.316. The van der Waals surface area contributed by atoms with Crippen LogP contribution in [-0.2, 0) is 14.8 Å². The Balaban J connectivity index is 1.66. The first-order valence-corrected chi connectivity index (χ1v) is 10.5. The molecule has 2 atom stereocenters. The molecule has 1 N–H and O–H groups in total. The summed E-state index contributed by atoms with van der Waals surface area (Å²) in [6.07, 6.45) is 0.596. The summed E-state index contributed by atoms with van der Waals surface area (Å²) in [5.74, 6) is 0.226. The second kappa shape index (κ2) is 8.05. The molecule has 2 aromatic rings. The Morgan fingerprint density at radius 3 is 2.50 bits per heavy atom. The molecular weight excluding hydrogens is 387 g/mol. The lowest BCUT2D eigenvalue weighted by Gasteiger charge is -2.30. The molecule has 0 aromatic heterocycles. The smallest absolute Gasteiger partial charge is 0.243 e. The van der Waals surface area contributed by atoms with Gasteiger partial charge in [-0.2, -0.15) is 0 Å². The summed E-state index contributed by atoms with van der Waals surface area (Å²) in [4.78, 5) is 12.6. The number of nitrogens with one attached hydrogen (secondary N) is 1. The van der Waals surface area contributed by atoms with E-state index < -0.39 is 33.9 Å². The number of sulfonamides is 1. The molecule has 28 heavy (non-hydrogen) atoms. The first-order chi connectivity index (χ1) is 13.3. The largest absolute Gasteiger partial charge is 0.486 e. The van der Waals surface area contributed by atoms with Crippen molar-refractivity contribution in [3.8, 4) is 11.5 Å². The fourth-order valence-electron chi connectivity index (χ4n) is 2.92. The fourth-order valence-corrected chi connectivity index (χ4v) is 4.10. The topological polar surface area (TPSA) is 84.9 Å². The van der Waals surface area contributed by atoms with Crippen molar-refractivity contribution in [2.24, 2.45) is 0 Å². The number of para-hydroxylation sites is 2. The first-order valence-electron chi connectivity index (χ1n) is 8.67. The van der Waals surface area contributed by atoms with E-state index in [1.54, 1.807) is 12.1 Å². The SMILES string of the molecule is CC(C(=O)NCC1COc2ccccc2O1)N(c1ccc(F)cc1)S(C)(=O)=O. The average Bonchev–Trinajstić information content (AvgIpc) is 2.66. The van der Waals surface area contributed by atoms with Gasteiger partial charge in [-0.1, -0.05) is 12.1 Å². The highest BCUT2D eigenvalue weighted by Gasteiger charge is 2.30. The van der Waals surface area contributed by atoms with Crippen molar-refractivity contribution in [2.75, 3.05) is 23.7 Å². The van der Waals surface area contributed by atoms with Crippen LogP contribution in [0.25, 0.3) is 0 Å². The van der Waals surface area contributed by atoms with Crippen molar-refractivity contribution in [3.63, 3.8) is 0 Å².